The molecule has 2 unspecified atom stereocenters. The maximum atomic E-state index is 6.15. The van der Waals surface area contributed by atoms with Crippen LogP contribution in [0.1, 0.15) is 39.2 Å². The van der Waals surface area contributed by atoms with E-state index in [1.807, 2.05) is 13.0 Å². The van der Waals surface area contributed by atoms with Crippen LogP contribution in [0.4, 0.5) is 5.69 Å². The average Bonchev–Trinajstić information content (AvgIpc) is 2.56. The van der Waals surface area contributed by atoms with Crippen molar-refractivity contribution in [3.8, 4) is 5.75 Å². The summed E-state index contributed by atoms with van der Waals surface area (Å²) in [6.07, 6.45) is 2.46. The van der Waals surface area contributed by atoms with Gasteiger partial charge >= 0.3 is 0 Å². The SMILES string of the molecule is COc1cc(Cl)c(C)cc1NC1CC(C)(C)CC1C. The minimum Gasteiger partial charge on any atom is -0.495 e. The Morgan fingerprint density at radius 3 is 2.53 bits per heavy atom. The first-order valence-electron chi connectivity index (χ1n) is 6.93. The molecular formula is C16H24ClNO. The molecule has 1 aliphatic carbocycles. The average molecular weight is 282 g/mol. The van der Waals surface area contributed by atoms with Crippen molar-refractivity contribution in [2.45, 2.75) is 46.6 Å². The fourth-order valence-electron chi connectivity index (χ4n) is 3.23. The van der Waals surface area contributed by atoms with Crippen LogP contribution in [0.5, 0.6) is 5.75 Å². The summed E-state index contributed by atoms with van der Waals surface area (Å²) < 4.78 is 5.43. The van der Waals surface area contributed by atoms with Crippen molar-refractivity contribution in [1.82, 2.24) is 0 Å². The molecular weight excluding hydrogens is 258 g/mol. The Bertz CT molecular complexity index is 470. The smallest absolute Gasteiger partial charge is 0.143 e. The molecule has 0 radical (unpaired) electrons. The number of nitrogens with one attached hydrogen (secondary N) is 1. The third-order valence-electron chi connectivity index (χ3n) is 4.16. The van der Waals surface area contributed by atoms with E-state index in [1.54, 1.807) is 7.11 Å². The largest absolute Gasteiger partial charge is 0.495 e. The zero-order valence-electron chi connectivity index (χ0n) is 12.5. The highest BCUT2D eigenvalue weighted by Gasteiger charge is 2.36. The lowest BCUT2D eigenvalue weighted by atomic mass is 9.91. The van der Waals surface area contributed by atoms with E-state index in [0.29, 0.717) is 17.4 Å². The Kier molecular flexibility index (Phi) is 4.00. The number of benzene rings is 1. The first-order chi connectivity index (χ1) is 8.82. The molecule has 2 rings (SSSR count). The van der Waals surface area contributed by atoms with E-state index in [-0.39, 0.29) is 0 Å². The zero-order valence-corrected chi connectivity index (χ0v) is 13.3. The van der Waals surface area contributed by atoms with Gasteiger partial charge in [-0.05, 0) is 42.7 Å². The summed E-state index contributed by atoms with van der Waals surface area (Å²) in [4.78, 5) is 0. The molecule has 106 valence electrons. The molecule has 0 amide bonds. The van der Waals surface area contributed by atoms with Crippen molar-refractivity contribution in [3.63, 3.8) is 0 Å². The summed E-state index contributed by atoms with van der Waals surface area (Å²) in [6, 6.07) is 4.48. The second-order valence-electron chi connectivity index (χ2n) is 6.60. The topological polar surface area (TPSA) is 21.3 Å². The molecule has 3 heteroatoms. The van der Waals surface area contributed by atoms with E-state index in [2.05, 4.69) is 32.2 Å². The van der Waals surface area contributed by atoms with E-state index >= 15 is 0 Å². The number of hydrogen-bond donors (Lipinski definition) is 1. The van der Waals surface area contributed by atoms with Crippen LogP contribution in [0.2, 0.25) is 5.02 Å². The molecule has 1 aromatic rings. The van der Waals surface area contributed by atoms with Gasteiger partial charge in [-0.25, -0.2) is 0 Å². The Balaban J connectivity index is 2.22. The van der Waals surface area contributed by atoms with E-state index in [1.165, 1.54) is 12.8 Å². The molecule has 0 spiro atoms. The lowest BCUT2D eigenvalue weighted by Gasteiger charge is -2.22. The number of hydrogen-bond acceptors (Lipinski definition) is 2. The number of halogens is 1. The number of methoxy groups -OCH3 is 1. The van der Waals surface area contributed by atoms with Crippen LogP contribution in [0, 0.1) is 18.3 Å². The molecule has 0 bridgehead atoms. The van der Waals surface area contributed by atoms with Crippen LogP contribution >= 0.6 is 11.6 Å². The third-order valence-corrected chi connectivity index (χ3v) is 4.56. The van der Waals surface area contributed by atoms with Gasteiger partial charge in [-0.3, -0.25) is 0 Å². The fourth-order valence-corrected chi connectivity index (χ4v) is 3.39. The van der Waals surface area contributed by atoms with Crippen molar-refractivity contribution in [2.24, 2.45) is 11.3 Å². The minimum absolute atomic E-state index is 0.422. The molecule has 1 N–H and O–H groups in total. The predicted molar refractivity (Wildman–Crippen MR) is 82.3 cm³/mol. The summed E-state index contributed by atoms with van der Waals surface area (Å²) in [7, 11) is 1.69. The highest BCUT2D eigenvalue weighted by atomic mass is 35.5. The molecule has 1 aliphatic rings. The highest BCUT2D eigenvalue weighted by Crippen LogP contribution is 2.43. The van der Waals surface area contributed by atoms with Gasteiger partial charge in [0.25, 0.3) is 0 Å². The van der Waals surface area contributed by atoms with Gasteiger partial charge in [-0.15, -0.1) is 0 Å². The Hall–Kier alpha value is -0.890. The van der Waals surface area contributed by atoms with Gasteiger partial charge in [-0.2, -0.15) is 0 Å². The molecule has 2 atom stereocenters. The van der Waals surface area contributed by atoms with E-state index in [0.717, 1.165) is 22.0 Å². The lowest BCUT2D eigenvalue weighted by Crippen LogP contribution is -2.22. The van der Waals surface area contributed by atoms with Crippen LogP contribution in [-0.4, -0.2) is 13.2 Å². The highest BCUT2D eigenvalue weighted by molar-refractivity contribution is 6.31. The minimum atomic E-state index is 0.422. The summed E-state index contributed by atoms with van der Waals surface area (Å²) in [5.41, 5.74) is 2.56. The molecule has 0 saturated heterocycles. The number of ether oxygens (including phenoxy) is 1. The Morgan fingerprint density at radius 2 is 2.00 bits per heavy atom. The molecule has 19 heavy (non-hydrogen) atoms. The molecule has 1 fully saturated rings. The van der Waals surface area contributed by atoms with E-state index < -0.39 is 0 Å². The number of anilines is 1. The molecule has 1 saturated carbocycles. The monoisotopic (exact) mass is 281 g/mol. The van der Waals surface area contributed by atoms with Crippen LogP contribution in [-0.2, 0) is 0 Å². The summed E-state index contributed by atoms with van der Waals surface area (Å²) in [5.74, 6) is 1.50. The Labute approximate surface area is 121 Å². The number of aryl methyl sites for hydroxylation is 1. The van der Waals surface area contributed by atoms with Crippen molar-refractivity contribution in [2.75, 3.05) is 12.4 Å². The van der Waals surface area contributed by atoms with Gasteiger partial charge < -0.3 is 10.1 Å². The van der Waals surface area contributed by atoms with Crippen molar-refractivity contribution < 1.29 is 4.74 Å². The molecule has 0 aliphatic heterocycles. The van der Waals surface area contributed by atoms with E-state index in [9.17, 15) is 0 Å². The zero-order chi connectivity index (χ0) is 14.2. The maximum absolute atomic E-state index is 6.15. The van der Waals surface area contributed by atoms with Gasteiger partial charge in [0.1, 0.15) is 5.75 Å². The van der Waals surface area contributed by atoms with Crippen LogP contribution in [0.15, 0.2) is 12.1 Å². The summed E-state index contributed by atoms with van der Waals surface area (Å²) >= 11 is 6.15. The van der Waals surface area contributed by atoms with Crippen molar-refractivity contribution >= 4 is 17.3 Å². The standard InChI is InChI=1S/C16H24ClNO/c1-10-6-13(15(19-5)7-12(10)17)18-14-9-16(3,4)8-11(14)2/h6-7,11,14,18H,8-9H2,1-5H3. The van der Waals surface area contributed by atoms with Gasteiger partial charge in [0.05, 0.1) is 12.8 Å². The van der Waals surface area contributed by atoms with Crippen LogP contribution < -0.4 is 10.1 Å². The van der Waals surface area contributed by atoms with Crippen LogP contribution in [0.25, 0.3) is 0 Å². The first kappa shape index (κ1) is 14.5. The molecule has 0 aromatic heterocycles. The fraction of sp³-hybridized carbons (Fsp3) is 0.625. The van der Waals surface area contributed by atoms with Gasteiger partial charge in [-0.1, -0.05) is 32.4 Å². The van der Waals surface area contributed by atoms with Gasteiger partial charge in [0, 0.05) is 17.1 Å². The normalized spacial score (nSPS) is 25.4. The predicted octanol–water partition coefficient (Wildman–Crippen LogP) is 4.89. The maximum Gasteiger partial charge on any atom is 0.143 e. The summed E-state index contributed by atoms with van der Waals surface area (Å²) in [5, 5.41) is 4.40. The van der Waals surface area contributed by atoms with Gasteiger partial charge in [0.2, 0.25) is 0 Å². The third kappa shape index (κ3) is 3.17. The molecule has 2 nitrogen and oxygen atoms in total. The van der Waals surface area contributed by atoms with Crippen molar-refractivity contribution in [1.29, 1.82) is 0 Å². The van der Waals surface area contributed by atoms with E-state index in [4.69, 9.17) is 16.3 Å². The van der Waals surface area contributed by atoms with Crippen molar-refractivity contribution in [3.05, 3.63) is 22.7 Å². The van der Waals surface area contributed by atoms with Crippen LogP contribution in [0.3, 0.4) is 0 Å². The number of rotatable bonds is 3. The molecule has 0 heterocycles. The molecule has 1 aromatic carbocycles. The summed E-state index contributed by atoms with van der Waals surface area (Å²) in [6.45, 7) is 9.03. The second kappa shape index (κ2) is 5.24. The first-order valence-corrected chi connectivity index (χ1v) is 7.31. The second-order valence-corrected chi connectivity index (χ2v) is 7.01. The lowest BCUT2D eigenvalue weighted by molar-refractivity contribution is 0.366. The quantitative estimate of drug-likeness (QED) is 0.851. The Morgan fingerprint density at radius 1 is 1.32 bits per heavy atom. The van der Waals surface area contributed by atoms with Gasteiger partial charge in [0.15, 0.2) is 0 Å².